The number of rotatable bonds is 2. The van der Waals surface area contributed by atoms with Crippen molar-refractivity contribution in [1.29, 1.82) is 0 Å². The van der Waals surface area contributed by atoms with Crippen molar-refractivity contribution in [3.8, 4) is 0 Å². The fraction of sp³-hybridized carbons (Fsp3) is 0.294. The van der Waals surface area contributed by atoms with E-state index in [0.29, 0.717) is 11.7 Å². The summed E-state index contributed by atoms with van der Waals surface area (Å²) in [4.78, 5) is 4.46. The largest absolute Gasteiger partial charge is 0.339 e. The molecule has 4 nitrogen and oxygen atoms in total. The van der Waals surface area contributed by atoms with E-state index in [9.17, 15) is 0 Å². The van der Waals surface area contributed by atoms with Crippen molar-refractivity contribution < 1.29 is 4.52 Å². The summed E-state index contributed by atoms with van der Waals surface area (Å²) in [5.41, 5.74) is 7.19. The smallest absolute Gasteiger partial charge is 0.232 e. The molecule has 0 aliphatic heterocycles. The van der Waals surface area contributed by atoms with E-state index < -0.39 is 6.04 Å². The fourth-order valence-corrected chi connectivity index (χ4v) is 2.33. The molecule has 3 aromatic rings. The molecule has 21 heavy (non-hydrogen) atoms. The molecule has 2 aromatic carbocycles. The van der Waals surface area contributed by atoms with Crippen LogP contribution in [0, 0.1) is 0 Å². The van der Waals surface area contributed by atoms with Gasteiger partial charge < -0.3 is 10.3 Å². The van der Waals surface area contributed by atoms with Gasteiger partial charge in [-0.25, -0.2) is 0 Å². The molecule has 3 rings (SSSR count). The molecule has 0 spiro atoms. The molecular formula is C17H19N3O. The van der Waals surface area contributed by atoms with Gasteiger partial charge in [-0.05, 0) is 16.3 Å². The molecule has 0 bridgehead atoms. The van der Waals surface area contributed by atoms with E-state index in [1.165, 1.54) is 0 Å². The zero-order chi connectivity index (χ0) is 15.0. The molecule has 0 aliphatic carbocycles. The number of nitrogens with zero attached hydrogens (tertiary/aromatic N) is 2. The molecule has 1 heterocycles. The molecule has 1 atom stereocenters. The summed E-state index contributed by atoms with van der Waals surface area (Å²) in [6, 6.07) is 13.9. The minimum absolute atomic E-state index is 0.177. The zero-order valence-electron chi connectivity index (χ0n) is 12.5. The lowest BCUT2D eigenvalue weighted by Gasteiger charge is -2.12. The Bertz CT molecular complexity index is 766. The van der Waals surface area contributed by atoms with Gasteiger partial charge in [0.15, 0.2) is 5.82 Å². The minimum Gasteiger partial charge on any atom is -0.339 e. The van der Waals surface area contributed by atoms with Crippen LogP contribution in [-0.4, -0.2) is 10.1 Å². The Hall–Kier alpha value is -2.20. The van der Waals surface area contributed by atoms with E-state index in [2.05, 4.69) is 28.3 Å². The maximum Gasteiger partial charge on any atom is 0.232 e. The highest BCUT2D eigenvalue weighted by atomic mass is 16.5. The van der Waals surface area contributed by atoms with E-state index in [1.807, 2.05) is 45.0 Å². The van der Waals surface area contributed by atoms with Crippen molar-refractivity contribution in [3.05, 3.63) is 59.7 Å². The van der Waals surface area contributed by atoms with Crippen LogP contribution in [0.25, 0.3) is 10.8 Å². The van der Waals surface area contributed by atoms with Crippen LogP contribution in [0.1, 0.15) is 44.1 Å². The third-order valence-electron chi connectivity index (χ3n) is 3.52. The second-order valence-corrected chi connectivity index (χ2v) is 6.25. The Morgan fingerprint density at radius 1 is 1.05 bits per heavy atom. The molecule has 4 heteroatoms. The highest BCUT2D eigenvalue weighted by Gasteiger charge is 2.24. The summed E-state index contributed by atoms with van der Waals surface area (Å²) in [6.07, 6.45) is 0. The molecule has 0 radical (unpaired) electrons. The van der Waals surface area contributed by atoms with Gasteiger partial charge in [0.25, 0.3) is 0 Å². The van der Waals surface area contributed by atoms with Gasteiger partial charge in [-0.2, -0.15) is 4.98 Å². The third-order valence-corrected chi connectivity index (χ3v) is 3.52. The van der Waals surface area contributed by atoms with Crippen LogP contribution in [-0.2, 0) is 5.41 Å². The molecule has 108 valence electrons. The first kappa shape index (κ1) is 13.8. The van der Waals surface area contributed by atoms with Crippen LogP contribution < -0.4 is 5.73 Å². The average Bonchev–Trinajstić information content (AvgIpc) is 2.96. The Kier molecular flexibility index (Phi) is 3.26. The SMILES string of the molecule is CC(C)(C)c1nc(C(N)c2cccc3ccccc23)no1. The Labute approximate surface area is 124 Å². The molecule has 0 amide bonds. The normalized spacial score (nSPS) is 13.5. The van der Waals surface area contributed by atoms with Gasteiger partial charge in [0, 0.05) is 5.41 Å². The maximum atomic E-state index is 6.35. The molecular weight excluding hydrogens is 262 g/mol. The van der Waals surface area contributed by atoms with Crippen LogP contribution in [0.3, 0.4) is 0 Å². The zero-order valence-corrected chi connectivity index (χ0v) is 12.5. The Balaban J connectivity index is 2.05. The molecule has 1 unspecified atom stereocenters. The molecule has 0 saturated carbocycles. The molecule has 2 N–H and O–H groups in total. The predicted octanol–water partition coefficient (Wildman–Crippen LogP) is 3.57. The second kappa shape index (κ2) is 4.97. The predicted molar refractivity (Wildman–Crippen MR) is 83.0 cm³/mol. The highest BCUT2D eigenvalue weighted by Crippen LogP contribution is 2.27. The first-order valence-electron chi connectivity index (χ1n) is 7.04. The van der Waals surface area contributed by atoms with Crippen molar-refractivity contribution in [2.75, 3.05) is 0 Å². The fourth-order valence-electron chi connectivity index (χ4n) is 2.33. The lowest BCUT2D eigenvalue weighted by Crippen LogP contribution is -2.16. The van der Waals surface area contributed by atoms with E-state index in [1.54, 1.807) is 0 Å². The van der Waals surface area contributed by atoms with E-state index >= 15 is 0 Å². The lowest BCUT2D eigenvalue weighted by molar-refractivity contribution is 0.317. The Morgan fingerprint density at radius 3 is 2.48 bits per heavy atom. The number of benzene rings is 2. The van der Waals surface area contributed by atoms with Crippen molar-refractivity contribution in [1.82, 2.24) is 10.1 Å². The van der Waals surface area contributed by atoms with Gasteiger partial charge in [0.2, 0.25) is 5.89 Å². The number of aromatic nitrogens is 2. The van der Waals surface area contributed by atoms with E-state index in [0.717, 1.165) is 16.3 Å². The van der Waals surface area contributed by atoms with Crippen molar-refractivity contribution in [3.63, 3.8) is 0 Å². The van der Waals surface area contributed by atoms with Crippen LogP contribution in [0.2, 0.25) is 0 Å². The number of hydrogen-bond donors (Lipinski definition) is 1. The van der Waals surface area contributed by atoms with Gasteiger partial charge >= 0.3 is 0 Å². The summed E-state index contributed by atoms with van der Waals surface area (Å²) >= 11 is 0. The van der Waals surface area contributed by atoms with Crippen LogP contribution >= 0.6 is 0 Å². The van der Waals surface area contributed by atoms with Gasteiger partial charge in [0.05, 0.1) is 6.04 Å². The van der Waals surface area contributed by atoms with Crippen LogP contribution in [0.5, 0.6) is 0 Å². The first-order valence-corrected chi connectivity index (χ1v) is 7.04. The number of fused-ring (bicyclic) bond motifs is 1. The second-order valence-electron chi connectivity index (χ2n) is 6.25. The summed E-state index contributed by atoms with van der Waals surface area (Å²) in [7, 11) is 0. The lowest BCUT2D eigenvalue weighted by atomic mass is 9.96. The summed E-state index contributed by atoms with van der Waals surface area (Å²) in [5, 5.41) is 6.33. The molecule has 0 saturated heterocycles. The number of nitrogens with two attached hydrogens (primary N) is 1. The van der Waals surface area contributed by atoms with Crippen LogP contribution in [0.15, 0.2) is 47.0 Å². The van der Waals surface area contributed by atoms with Gasteiger partial charge in [-0.1, -0.05) is 68.4 Å². The summed E-state index contributed by atoms with van der Waals surface area (Å²) in [5.74, 6) is 1.13. The van der Waals surface area contributed by atoms with Crippen molar-refractivity contribution in [2.24, 2.45) is 5.73 Å². The Morgan fingerprint density at radius 2 is 1.76 bits per heavy atom. The molecule has 0 aliphatic rings. The maximum absolute atomic E-state index is 6.35. The van der Waals surface area contributed by atoms with E-state index in [-0.39, 0.29) is 5.41 Å². The van der Waals surface area contributed by atoms with Crippen molar-refractivity contribution in [2.45, 2.75) is 32.2 Å². The third kappa shape index (κ3) is 2.54. The molecule has 1 aromatic heterocycles. The van der Waals surface area contributed by atoms with E-state index in [4.69, 9.17) is 10.3 Å². The quantitative estimate of drug-likeness (QED) is 0.780. The number of hydrogen-bond acceptors (Lipinski definition) is 4. The monoisotopic (exact) mass is 281 g/mol. The topological polar surface area (TPSA) is 64.9 Å². The standard InChI is InChI=1S/C17H19N3O/c1-17(2,3)16-19-15(20-21-16)14(18)13-10-6-8-11-7-4-5-9-12(11)13/h4-10,14H,18H2,1-3H3. The highest BCUT2D eigenvalue weighted by molar-refractivity contribution is 5.86. The van der Waals surface area contributed by atoms with Crippen molar-refractivity contribution >= 4 is 10.8 Å². The van der Waals surface area contributed by atoms with Crippen LogP contribution in [0.4, 0.5) is 0 Å². The van der Waals surface area contributed by atoms with Gasteiger partial charge in [0.1, 0.15) is 0 Å². The average molecular weight is 281 g/mol. The molecule has 0 fully saturated rings. The first-order chi connectivity index (χ1) is 9.97. The van der Waals surface area contributed by atoms with Gasteiger partial charge in [-0.3, -0.25) is 0 Å². The van der Waals surface area contributed by atoms with Gasteiger partial charge in [-0.15, -0.1) is 0 Å². The summed E-state index contributed by atoms with van der Waals surface area (Å²) < 4.78 is 5.34. The minimum atomic E-state index is -0.393. The summed E-state index contributed by atoms with van der Waals surface area (Å²) in [6.45, 7) is 6.11.